The number of nitrogens with one attached hydrogen (secondary N) is 1. The number of carbonyl (C=O) groups is 1. The third kappa shape index (κ3) is 5.35. The number of nitrogens with zero attached hydrogens (tertiary/aromatic N) is 2. The Morgan fingerprint density at radius 3 is 2.50 bits per heavy atom. The minimum atomic E-state index is -3.96. The molecule has 0 aliphatic rings. The maximum atomic E-state index is 13.3. The van der Waals surface area contributed by atoms with Crippen LogP contribution in [0.25, 0.3) is 0 Å². The van der Waals surface area contributed by atoms with Crippen LogP contribution in [-0.2, 0) is 14.8 Å². The van der Waals surface area contributed by atoms with Gasteiger partial charge >= 0.3 is 0 Å². The summed E-state index contributed by atoms with van der Waals surface area (Å²) in [5.41, 5.74) is 4.42. The van der Waals surface area contributed by atoms with Gasteiger partial charge in [0, 0.05) is 9.35 Å². The van der Waals surface area contributed by atoms with Gasteiger partial charge in [-0.15, -0.1) is 11.3 Å². The van der Waals surface area contributed by atoms with E-state index in [1.165, 1.54) is 23.5 Å². The van der Waals surface area contributed by atoms with E-state index in [0.717, 1.165) is 14.7 Å². The van der Waals surface area contributed by atoms with Gasteiger partial charge in [-0.1, -0.05) is 45.8 Å². The fourth-order valence-electron chi connectivity index (χ4n) is 2.64. The number of anilines is 1. The van der Waals surface area contributed by atoms with Crippen LogP contribution in [0.4, 0.5) is 5.69 Å². The lowest BCUT2D eigenvalue weighted by Crippen LogP contribution is -2.39. The second kappa shape index (κ2) is 9.55. The Hall–Kier alpha value is -2.49. The van der Waals surface area contributed by atoms with Crippen LogP contribution in [0, 0.1) is 6.92 Å². The smallest absolute Gasteiger partial charge is 0.264 e. The van der Waals surface area contributed by atoms with Crippen LogP contribution in [0.2, 0.25) is 0 Å². The second-order valence-electron chi connectivity index (χ2n) is 6.51. The molecule has 0 aliphatic heterocycles. The molecule has 0 saturated carbocycles. The topological polar surface area (TPSA) is 78.8 Å². The Morgan fingerprint density at radius 2 is 1.87 bits per heavy atom. The zero-order valence-corrected chi connectivity index (χ0v) is 19.6. The van der Waals surface area contributed by atoms with Gasteiger partial charge in [0.15, 0.2) is 0 Å². The molecule has 0 unspecified atom stereocenters. The summed E-state index contributed by atoms with van der Waals surface area (Å²) < 4.78 is 28.4. The highest BCUT2D eigenvalue weighted by Crippen LogP contribution is 2.26. The number of hydrogen-bond acceptors (Lipinski definition) is 5. The summed E-state index contributed by atoms with van der Waals surface area (Å²) in [6.07, 6.45) is 0. The summed E-state index contributed by atoms with van der Waals surface area (Å²) in [5.74, 6) is -0.540. The summed E-state index contributed by atoms with van der Waals surface area (Å²) in [4.78, 5) is 13.6. The van der Waals surface area contributed by atoms with E-state index in [0.29, 0.717) is 15.9 Å². The molecule has 1 heterocycles. The Balaban J connectivity index is 1.89. The first-order chi connectivity index (χ1) is 14.3. The third-order valence-corrected chi connectivity index (χ3v) is 7.48. The van der Waals surface area contributed by atoms with Crippen molar-refractivity contribution < 1.29 is 13.2 Å². The van der Waals surface area contributed by atoms with Crippen molar-refractivity contribution in [1.29, 1.82) is 0 Å². The maximum Gasteiger partial charge on any atom is 0.264 e. The van der Waals surface area contributed by atoms with Crippen LogP contribution in [0.3, 0.4) is 0 Å². The van der Waals surface area contributed by atoms with E-state index in [1.807, 2.05) is 24.4 Å². The molecule has 1 amide bonds. The summed E-state index contributed by atoms with van der Waals surface area (Å²) in [5, 5.41) is 6.01. The van der Waals surface area contributed by atoms with Gasteiger partial charge in [-0.3, -0.25) is 9.10 Å². The molecule has 0 aliphatic carbocycles. The molecule has 1 N–H and O–H groups in total. The van der Waals surface area contributed by atoms with Crippen LogP contribution >= 0.6 is 27.3 Å². The van der Waals surface area contributed by atoms with Crippen molar-refractivity contribution in [2.24, 2.45) is 5.10 Å². The molecule has 6 nitrogen and oxygen atoms in total. The lowest BCUT2D eigenvalue weighted by molar-refractivity contribution is -0.119. The van der Waals surface area contributed by atoms with Crippen molar-refractivity contribution in [3.05, 3.63) is 81.0 Å². The number of sulfonamides is 1. The number of hydrogen-bond donors (Lipinski definition) is 1. The first-order valence-electron chi connectivity index (χ1n) is 8.99. The Bertz CT molecular complexity index is 1160. The van der Waals surface area contributed by atoms with E-state index >= 15 is 0 Å². The monoisotopic (exact) mass is 505 g/mol. The Kier molecular flexibility index (Phi) is 7.06. The zero-order chi connectivity index (χ0) is 21.7. The highest BCUT2D eigenvalue weighted by atomic mass is 79.9. The molecule has 3 rings (SSSR count). The van der Waals surface area contributed by atoms with Crippen molar-refractivity contribution >= 4 is 54.6 Å². The molecule has 3 aromatic rings. The van der Waals surface area contributed by atoms with Crippen molar-refractivity contribution in [2.45, 2.75) is 18.7 Å². The highest BCUT2D eigenvalue weighted by molar-refractivity contribution is 9.10. The van der Waals surface area contributed by atoms with E-state index in [1.54, 1.807) is 43.3 Å². The average Bonchev–Trinajstić information content (AvgIpc) is 3.25. The molecular formula is C21H20BrN3O3S2. The van der Waals surface area contributed by atoms with Crippen molar-refractivity contribution in [2.75, 3.05) is 10.8 Å². The van der Waals surface area contributed by atoms with Crippen LogP contribution in [0.5, 0.6) is 0 Å². The number of aryl methyl sites for hydroxylation is 1. The van der Waals surface area contributed by atoms with Crippen LogP contribution < -0.4 is 9.73 Å². The summed E-state index contributed by atoms with van der Waals surface area (Å²) in [7, 11) is -3.96. The van der Waals surface area contributed by atoms with Gasteiger partial charge in [0.1, 0.15) is 6.54 Å². The predicted octanol–water partition coefficient (Wildman–Crippen LogP) is 4.55. The molecule has 0 saturated heterocycles. The van der Waals surface area contributed by atoms with E-state index in [2.05, 4.69) is 26.5 Å². The molecule has 9 heteroatoms. The van der Waals surface area contributed by atoms with E-state index in [-0.39, 0.29) is 4.90 Å². The Labute approximate surface area is 188 Å². The first kappa shape index (κ1) is 22.2. The standard InChI is InChI=1S/C21H20BrN3O3S2/c1-15-8-10-19(11-9-15)30(27,28)25(18-6-3-5-17(22)13-18)14-21(26)24-23-16(2)20-7-4-12-29-20/h3-13H,14H2,1-2H3,(H,24,26)/b23-16-. The minimum absolute atomic E-state index is 0.110. The number of rotatable bonds is 7. The fraction of sp³-hybridized carbons (Fsp3) is 0.143. The number of hydrazone groups is 1. The number of halogens is 1. The average molecular weight is 506 g/mol. The molecule has 30 heavy (non-hydrogen) atoms. The second-order valence-corrected chi connectivity index (χ2v) is 10.2. The summed E-state index contributed by atoms with van der Waals surface area (Å²) in [6.45, 7) is 3.25. The predicted molar refractivity (Wildman–Crippen MR) is 125 cm³/mol. The summed E-state index contributed by atoms with van der Waals surface area (Å²) in [6, 6.07) is 17.1. The zero-order valence-electron chi connectivity index (χ0n) is 16.4. The quantitative estimate of drug-likeness (QED) is 0.377. The van der Waals surface area contributed by atoms with Gasteiger partial charge < -0.3 is 0 Å². The van der Waals surface area contributed by atoms with E-state index in [4.69, 9.17) is 0 Å². The van der Waals surface area contributed by atoms with Crippen molar-refractivity contribution in [1.82, 2.24) is 5.43 Å². The number of carbonyl (C=O) groups excluding carboxylic acids is 1. The minimum Gasteiger partial charge on any atom is -0.271 e. The molecule has 0 atom stereocenters. The van der Waals surface area contributed by atoms with Gasteiger partial charge in [-0.25, -0.2) is 13.8 Å². The lowest BCUT2D eigenvalue weighted by Gasteiger charge is -2.24. The van der Waals surface area contributed by atoms with Crippen molar-refractivity contribution in [3.8, 4) is 0 Å². The molecule has 2 aromatic carbocycles. The van der Waals surface area contributed by atoms with Gasteiger partial charge in [-0.2, -0.15) is 5.10 Å². The van der Waals surface area contributed by atoms with Gasteiger partial charge in [0.25, 0.3) is 15.9 Å². The third-order valence-electron chi connectivity index (χ3n) is 4.22. The van der Waals surface area contributed by atoms with E-state index < -0.39 is 22.5 Å². The van der Waals surface area contributed by atoms with Crippen molar-refractivity contribution in [3.63, 3.8) is 0 Å². The maximum absolute atomic E-state index is 13.3. The number of thiophene rings is 1. The van der Waals surface area contributed by atoms with Crippen LogP contribution in [-0.4, -0.2) is 26.6 Å². The summed E-state index contributed by atoms with van der Waals surface area (Å²) >= 11 is 4.86. The molecular weight excluding hydrogens is 486 g/mol. The molecule has 0 bridgehead atoms. The highest BCUT2D eigenvalue weighted by Gasteiger charge is 2.27. The van der Waals surface area contributed by atoms with Crippen LogP contribution in [0.15, 0.2) is 80.5 Å². The van der Waals surface area contributed by atoms with Gasteiger partial charge in [0.2, 0.25) is 0 Å². The van der Waals surface area contributed by atoms with E-state index in [9.17, 15) is 13.2 Å². The molecule has 156 valence electrons. The molecule has 1 aromatic heterocycles. The molecule has 0 fully saturated rings. The fourth-order valence-corrected chi connectivity index (χ4v) is 5.11. The van der Waals surface area contributed by atoms with Gasteiger partial charge in [0.05, 0.1) is 16.3 Å². The van der Waals surface area contributed by atoms with Gasteiger partial charge in [-0.05, 0) is 55.6 Å². The Morgan fingerprint density at radius 1 is 1.13 bits per heavy atom. The first-order valence-corrected chi connectivity index (χ1v) is 12.1. The SMILES string of the molecule is C/C(=N/NC(=O)CN(c1cccc(Br)c1)S(=O)(=O)c1ccc(C)cc1)c1cccs1. The van der Waals surface area contributed by atoms with Crippen LogP contribution in [0.1, 0.15) is 17.4 Å². The largest absolute Gasteiger partial charge is 0.271 e. The molecule has 0 spiro atoms. The number of benzene rings is 2. The number of amides is 1. The molecule has 0 radical (unpaired) electrons. The normalized spacial score (nSPS) is 11.9. The lowest BCUT2D eigenvalue weighted by atomic mass is 10.2.